The molecule has 0 bridgehead atoms. The molecule has 128 valence electrons. The van der Waals surface area contributed by atoms with Crippen LogP contribution < -0.4 is 9.47 Å². The van der Waals surface area contributed by atoms with Crippen molar-refractivity contribution >= 4 is 17.6 Å². The molecule has 0 spiro atoms. The van der Waals surface area contributed by atoms with Gasteiger partial charge in [0.25, 0.3) is 0 Å². The molecule has 0 aliphatic heterocycles. The molecule has 0 amide bonds. The highest BCUT2D eigenvalue weighted by atomic mass is 35.5. The number of hydrogen-bond acceptors (Lipinski definition) is 3. The Balaban J connectivity index is 2.45. The molecule has 4 heteroatoms. The standard InChI is InChI=1S/C20H23ClO3/c1-12(2)16-9-10-17(18(13(3)4)19(16)23-5)24-20(22)14-7-6-8-15(21)11-14/h6-13H,1-5H3. The van der Waals surface area contributed by atoms with Gasteiger partial charge >= 0.3 is 5.97 Å². The topological polar surface area (TPSA) is 35.5 Å². The fraction of sp³-hybridized carbons (Fsp3) is 0.350. The minimum absolute atomic E-state index is 0.154. The van der Waals surface area contributed by atoms with Crippen LogP contribution >= 0.6 is 11.6 Å². The molecule has 0 aliphatic carbocycles. The van der Waals surface area contributed by atoms with E-state index in [0.717, 1.165) is 16.9 Å². The summed E-state index contributed by atoms with van der Waals surface area (Å²) in [7, 11) is 1.65. The highest BCUT2D eigenvalue weighted by molar-refractivity contribution is 6.30. The van der Waals surface area contributed by atoms with Crippen LogP contribution in [-0.2, 0) is 0 Å². The van der Waals surface area contributed by atoms with Crippen molar-refractivity contribution in [2.24, 2.45) is 0 Å². The summed E-state index contributed by atoms with van der Waals surface area (Å²) in [5.41, 5.74) is 2.42. The molecule has 2 aromatic rings. The van der Waals surface area contributed by atoms with Crippen LogP contribution in [0.3, 0.4) is 0 Å². The number of ether oxygens (including phenoxy) is 2. The first-order chi connectivity index (χ1) is 11.3. The number of halogens is 1. The second-order valence-corrected chi connectivity index (χ2v) is 6.75. The number of methoxy groups -OCH3 is 1. The van der Waals surface area contributed by atoms with Crippen molar-refractivity contribution in [1.29, 1.82) is 0 Å². The molecular weight excluding hydrogens is 324 g/mol. The summed E-state index contributed by atoms with van der Waals surface area (Å²) in [6.45, 7) is 8.33. The molecule has 2 rings (SSSR count). The number of benzene rings is 2. The summed E-state index contributed by atoms with van der Waals surface area (Å²) in [5.74, 6) is 1.35. The van der Waals surface area contributed by atoms with Crippen LogP contribution in [0.1, 0.15) is 61.0 Å². The molecule has 0 heterocycles. The lowest BCUT2D eigenvalue weighted by molar-refractivity contribution is 0.0732. The minimum atomic E-state index is -0.432. The van der Waals surface area contributed by atoms with Crippen molar-refractivity contribution in [3.05, 3.63) is 58.1 Å². The molecule has 24 heavy (non-hydrogen) atoms. The molecule has 0 unspecified atom stereocenters. The smallest absolute Gasteiger partial charge is 0.343 e. The molecule has 0 fully saturated rings. The van der Waals surface area contributed by atoms with Crippen molar-refractivity contribution in [3.63, 3.8) is 0 Å². The molecule has 3 nitrogen and oxygen atoms in total. The zero-order valence-corrected chi connectivity index (χ0v) is 15.5. The van der Waals surface area contributed by atoms with Crippen molar-refractivity contribution in [1.82, 2.24) is 0 Å². The molecule has 0 saturated heterocycles. The monoisotopic (exact) mass is 346 g/mol. The lowest BCUT2D eigenvalue weighted by atomic mass is 9.93. The highest BCUT2D eigenvalue weighted by Gasteiger charge is 2.21. The SMILES string of the molecule is COc1c(C(C)C)ccc(OC(=O)c2cccc(Cl)c2)c1C(C)C. The Morgan fingerprint density at radius 2 is 1.75 bits per heavy atom. The van der Waals surface area contributed by atoms with Gasteiger partial charge in [-0.3, -0.25) is 0 Å². The molecular formula is C20H23ClO3. The van der Waals surface area contributed by atoms with E-state index in [1.807, 2.05) is 12.1 Å². The lowest BCUT2D eigenvalue weighted by Gasteiger charge is -2.21. The number of carbonyl (C=O) groups is 1. The van der Waals surface area contributed by atoms with Gasteiger partial charge < -0.3 is 9.47 Å². The van der Waals surface area contributed by atoms with Crippen LogP contribution in [0.2, 0.25) is 5.02 Å². The maximum Gasteiger partial charge on any atom is 0.343 e. The second-order valence-electron chi connectivity index (χ2n) is 6.31. The second kappa shape index (κ2) is 7.71. The largest absolute Gasteiger partial charge is 0.496 e. The summed E-state index contributed by atoms with van der Waals surface area (Å²) in [5, 5.41) is 0.501. The normalized spacial score (nSPS) is 11.0. The van der Waals surface area contributed by atoms with Crippen molar-refractivity contribution < 1.29 is 14.3 Å². The Morgan fingerprint density at radius 3 is 2.29 bits per heavy atom. The fourth-order valence-corrected chi connectivity index (χ4v) is 2.88. The average Bonchev–Trinajstić information content (AvgIpc) is 2.53. The predicted molar refractivity (Wildman–Crippen MR) is 97.6 cm³/mol. The first-order valence-electron chi connectivity index (χ1n) is 8.03. The van der Waals surface area contributed by atoms with Gasteiger partial charge in [0.2, 0.25) is 0 Å². The van der Waals surface area contributed by atoms with E-state index >= 15 is 0 Å². The van der Waals surface area contributed by atoms with Gasteiger partial charge in [-0.25, -0.2) is 4.79 Å². The van der Waals surface area contributed by atoms with E-state index in [-0.39, 0.29) is 5.92 Å². The van der Waals surface area contributed by atoms with Gasteiger partial charge in [-0.2, -0.15) is 0 Å². The van der Waals surface area contributed by atoms with Gasteiger partial charge in [-0.15, -0.1) is 0 Å². The first-order valence-corrected chi connectivity index (χ1v) is 8.41. The Kier molecular flexibility index (Phi) is 5.89. The van der Waals surface area contributed by atoms with E-state index in [9.17, 15) is 4.79 Å². The summed E-state index contributed by atoms with van der Waals surface area (Å²) in [6.07, 6.45) is 0. The minimum Gasteiger partial charge on any atom is -0.496 e. The fourth-order valence-electron chi connectivity index (χ4n) is 2.69. The molecule has 0 aromatic heterocycles. The molecule has 0 radical (unpaired) electrons. The summed E-state index contributed by atoms with van der Waals surface area (Å²) in [4.78, 5) is 12.4. The third-order valence-corrected chi connectivity index (χ3v) is 4.09. The van der Waals surface area contributed by atoms with Gasteiger partial charge in [0.05, 0.1) is 12.7 Å². The van der Waals surface area contributed by atoms with Gasteiger partial charge in [-0.1, -0.05) is 51.4 Å². The van der Waals surface area contributed by atoms with Gasteiger partial charge in [0.15, 0.2) is 0 Å². The van der Waals surface area contributed by atoms with Crippen LogP contribution in [0, 0.1) is 0 Å². The summed E-state index contributed by atoms with van der Waals surface area (Å²) >= 11 is 5.95. The maximum atomic E-state index is 12.4. The molecule has 0 saturated carbocycles. The van der Waals surface area contributed by atoms with E-state index in [2.05, 4.69) is 27.7 Å². The Labute approximate surface area is 148 Å². The van der Waals surface area contributed by atoms with E-state index in [4.69, 9.17) is 21.1 Å². The van der Waals surface area contributed by atoms with Gasteiger partial charge in [-0.05, 0) is 41.7 Å². The van der Waals surface area contributed by atoms with E-state index < -0.39 is 5.97 Å². The Morgan fingerprint density at radius 1 is 1.04 bits per heavy atom. The number of hydrogen-bond donors (Lipinski definition) is 0. The summed E-state index contributed by atoms with van der Waals surface area (Å²) in [6, 6.07) is 10.5. The van der Waals surface area contributed by atoms with Crippen LogP contribution in [0.25, 0.3) is 0 Å². The maximum absolute atomic E-state index is 12.4. The van der Waals surface area contributed by atoms with E-state index in [1.165, 1.54) is 0 Å². The third kappa shape index (κ3) is 3.90. The summed E-state index contributed by atoms with van der Waals surface area (Å²) < 4.78 is 11.3. The van der Waals surface area contributed by atoms with Crippen LogP contribution in [0.4, 0.5) is 0 Å². The molecule has 0 atom stereocenters. The zero-order chi connectivity index (χ0) is 17.9. The van der Waals surface area contributed by atoms with Crippen molar-refractivity contribution in [3.8, 4) is 11.5 Å². The van der Waals surface area contributed by atoms with E-state index in [1.54, 1.807) is 31.4 Å². The van der Waals surface area contributed by atoms with Gasteiger partial charge in [0, 0.05) is 10.6 Å². The zero-order valence-electron chi connectivity index (χ0n) is 14.7. The van der Waals surface area contributed by atoms with Crippen molar-refractivity contribution in [2.75, 3.05) is 7.11 Å². The molecule has 2 aromatic carbocycles. The molecule has 0 N–H and O–H groups in total. The van der Waals surface area contributed by atoms with Crippen LogP contribution in [0.15, 0.2) is 36.4 Å². The number of esters is 1. The average molecular weight is 347 g/mol. The third-order valence-electron chi connectivity index (χ3n) is 3.85. The van der Waals surface area contributed by atoms with Crippen molar-refractivity contribution in [2.45, 2.75) is 39.5 Å². The highest BCUT2D eigenvalue weighted by Crippen LogP contribution is 2.40. The van der Waals surface area contributed by atoms with Crippen LogP contribution in [0.5, 0.6) is 11.5 Å². The predicted octanol–water partition coefficient (Wildman–Crippen LogP) is 5.81. The quantitative estimate of drug-likeness (QED) is 0.506. The van der Waals surface area contributed by atoms with Crippen LogP contribution in [-0.4, -0.2) is 13.1 Å². The lowest BCUT2D eigenvalue weighted by Crippen LogP contribution is -2.12. The number of carbonyl (C=O) groups excluding carboxylic acids is 1. The first kappa shape index (κ1) is 18.3. The molecule has 0 aliphatic rings. The Bertz CT molecular complexity index is 736. The Hall–Kier alpha value is -2.00. The van der Waals surface area contributed by atoms with Gasteiger partial charge in [0.1, 0.15) is 11.5 Å². The number of rotatable bonds is 5. The van der Waals surface area contributed by atoms with E-state index in [0.29, 0.717) is 22.3 Å².